The number of nitrogens with zero attached hydrogens (tertiary/aromatic N) is 3. The van der Waals surface area contributed by atoms with Crippen molar-refractivity contribution in [1.29, 1.82) is 0 Å². The molecule has 3 rings (SSSR count). The third-order valence-electron chi connectivity index (χ3n) is 5.60. The number of carbonyl (C=O) groups is 1. The average molecular weight is 474 g/mol. The summed E-state index contributed by atoms with van der Waals surface area (Å²) in [6.07, 6.45) is 9.87. The molecule has 4 nitrogen and oxygen atoms in total. The Balaban J connectivity index is 1.65. The van der Waals surface area contributed by atoms with Gasteiger partial charge in [0.15, 0.2) is 0 Å². The molecule has 0 saturated heterocycles. The number of likely N-dealkylation sites (N-methyl/N-ethyl adjacent to an activating group) is 1. The Morgan fingerprint density at radius 3 is 2.67 bits per heavy atom. The van der Waals surface area contributed by atoms with E-state index >= 15 is 0 Å². The summed E-state index contributed by atoms with van der Waals surface area (Å²) in [4.78, 5) is 20.3. The van der Waals surface area contributed by atoms with Crippen molar-refractivity contribution < 1.29 is 9.18 Å². The van der Waals surface area contributed by atoms with Gasteiger partial charge in [-0.2, -0.15) is 0 Å². The van der Waals surface area contributed by atoms with Gasteiger partial charge in [-0.15, -0.1) is 0 Å². The van der Waals surface area contributed by atoms with E-state index < -0.39 is 0 Å². The van der Waals surface area contributed by atoms with Crippen LogP contribution < -0.4 is 0 Å². The largest absolute Gasteiger partial charge is 0.345 e. The van der Waals surface area contributed by atoms with E-state index in [0.717, 1.165) is 53.8 Å². The monoisotopic (exact) mass is 473 g/mol. The van der Waals surface area contributed by atoms with Gasteiger partial charge in [-0.3, -0.25) is 14.7 Å². The number of amides is 1. The lowest BCUT2D eigenvalue weighted by Gasteiger charge is -2.28. The molecule has 0 aromatic carbocycles. The highest BCUT2D eigenvalue weighted by molar-refractivity contribution is 9.10. The molecular weight excluding hydrogens is 445 g/mol. The van der Waals surface area contributed by atoms with E-state index in [1.54, 1.807) is 26.4 Å². The van der Waals surface area contributed by atoms with Crippen molar-refractivity contribution in [2.45, 2.75) is 33.1 Å². The molecule has 6 heteroatoms. The normalized spacial score (nSPS) is 18.3. The maximum atomic E-state index is 14.5. The van der Waals surface area contributed by atoms with Crippen molar-refractivity contribution in [1.82, 2.24) is 14.8 Å². The highest BCUT2D eigenvalue weighted by Crippen LogP contribution is 2.32. The smallest absolute Gasteiger partial charge is 0.252 e. The first-order valence-corrected chi connectivity index (χ1v) is 11.1. The molecule has 0 bridgehead atoms. The molecule has 1 aromatic rings. The van der Waals surface area contributed by atoms with Crippen LogP contribution in [0.15, 0.2) is 57.0 Å². The molecule has 1 amide bonds. The molecule has 1 aromatic heterocycles. The highest BCUT2D eigenvalue weighted by Gasteiger charge is 2.23. The fraction of sp³-hybridized carbons (Fsp3) is 0.417. The summed E-state index contributed by atoms with van der Waals surface area (Å²) < 4.78 is 15.5. The van der Waals surface area contributed by atoms with Crippen molar-refractivity contribution in [2.24, 2.45) is 0 Å². The van der Waals surface area contributed by atoms with E-state index in [9.17, 15) is 9.18 Å². The summed E-state index contributed by atoms with van der Waals surface area (Å²) in [6.45, 7) is 6.84. The fourth-order valence-electron chi connectivity index (χ4n) is 3.93. The minimum Gasteiger partial charge on any atom is -0.345 e. The molecule has 2 aliphatic rings. The Morgan fingerprint density at radius 1 is 1.30 bits per heavy atom. The van der Waals surface area contributed by atoms with Gasteiger partial charge in [0.05, 0.1) is 5.57 Å². The first kappa shape index (κ1) is 22.6. The predicted octanol–water partition coefficient (Wildman–Crippen LogP) is 5.22. The molecule has 30 heavy (non-hydrogen) atoms. The zero-order valence-electron chi connectivity index (χ0n) is 18.1. The molecule has 1 aliphatic heterocycles. The zero-order chi connectivity index (χ0) is 21.8. The Morgan fingerprint density at radius 2 is 2.07 bits per heavy atom. The summed E-state index contributed by atoms with van der Waals surface area (Å²) in [5.41, 5.74) is 5.95. The number of aryl methyl sites for hydroxylation is 1. The maximum Gasteiger partial charge on any atom is 0.252 e. The van der Waals surface area contributed by atoms with Crippen LogP contribution in [-0.4, -0.2) is 54.4 Å². The predicted molar refractivity (Wildman–Crippen MR) is 124 cm³/mol. The van der Waals surface area contributed by atoms with E-state index in [1.165, 1.54) is 16.0 Å². The topological polar surface area (TPSA) is 36.4 Å². The van der Waals surface area contributed by atoms with Gasteiger partial charge in [0.1, 0.15) is 5.83 Å². The quantitative estimate of drug-likeness (QED) is 0.587. The summed E-state index contributed by atoms with van der Waals surface area (Å²) in [5, 5.41) is 0. The molecule has 160 valence electrons. The minimum absolute atomic E-state index is 0.232. The second-order valence-corrected chi connectivity index (χ2v) is 9.05. The molecule has 2 heterocycles. The number of hydrogen-bond acceptors (Lipinski definition) is 3. The zero-order valence-corrected chi connectivity index (χ0v) is 19.7. The van der Waals surface area contributed by atoms with Crippen LogP contribution >= 0.6 is 15.9 Å². The van der Waals surface area contributed by atoms with Crippen LogP contribution in [0.5, 0.6) is 0 Å². The second kappa shape index (κ2) is 9.84. The standard InChI is InChI=1S/C24H29BrFN3O/c1-16(13-21-17(2)27-10-7-22(21)25)15-29-11-8-18(9-12-29)19-5-6-20(23(26)14-19)24(30)28(3)4/h7-8,10,13-14H,5-6,9,11-12,15H2,1-4H3/b16-13+. The van der Waals surface area contributed by atoms with Gasteiger partial charge in [-0.25, -0.2) is 4.39 Å². The molecule has 0 fully saturated rings. The second-order valence-electron chi connectivity index (χ2n) is 8.19. The van der Waals surface area contributed by atoms with Crippen molar-refractivity contribution in [3.05, 3.63) is 68.3 Å². The van der Waals surface area contributed by atoms with E-state index in [2.05, 4.69) is 44.9 Å². The van der Waals surface area contributed by atoms with E-state index in [0.29, 0.717) is 12.0 Å². The van der Waals surface area contributed by atoms with Crippen LogP contribution in [0.3, 0.4) is 0 Å². The molecule has 1 aliphatic carbocycles. The van der Waals surface area contributed by atoms with Gasteiger partial charge >= 0.3 is 0 Å². The lowest BCUT2D eigenvalue weighted by Crippen LogP contribution is -2.31. The van der Waals surface area contributed by atoms with Gasteiger partial charge in [0.2, 0.25) is 0 Å². The molecule has 0 saturated carbocycles. The molecule has 0 atom stereocenters. The van der Waals surface area contributed by atoms with Gasteiger partial charge in [-0.1, -0.05) is 33.7 Å². The molecule has 0 spiro atoms. The lowest BCUT2D eigenvalue weighted by atomic mass is 9.89. The van der Waals surface area contributed by atoms with Crippen molar-refractivity contribution >= 4 is 27.9 Å². The Hall–Kier alpha value is -2.05. The third kappa shape index (κ3) is 5.35. The first-order valence-electron chi connectivity index (χ1n) is 10.3. The van der Waals surface area contributed by atoms with Crippen LogP contribution in [0.1, 0.15) is 37.4 Å². The van der Waals surface area contributed by atoms with Gasteiger partial charge in [-0.05, 0) is 56.4 Å². The van der Waals surface area contributed by atoms with Crippen molar-refractivity contribution in [3.8, 4) is 0 Å². The third-order valence-corrected chi connectivity index (χ3v) is 6.30. The summed E-state index contributed by atoms with van der Waals surface area (Å²) in [6, 6.07) is 1.96. The summed E-state index contributed by atoms with van der Waals surface area (Å²) >= 11 is 3.61. The first-order chi connectivity index (χ1) is 14.3. The number of rotatable bonds is 5. The van der Waals surface area contributed by atoms with Crippen molar-refractivity contribution in [2.75, 3.05) is 33.7 Å². The molecule has 0 radical (unpaired) electrons. The summed E-state index contributed by atoms with van der Waals surface area (Å²) in [5.74, 6) is -0.612. The van der Waals surface area contributed by atoms with Gasteiger partial charge in [0, 0.05) is 55.7 Å². The number of allylic oxidation sites excluding steroid dienone is 3. The Bertz CT molecular complexity index is 939. The highest BCUT2D eigenvalue weighted by atomic mass is 79.9. The lowest BCUT2D eigenvalue weighted by molar-refractivity contribution is -0.125. The SMILES string of the molecule is C/C(=C\c1c(Br)ccnc1C)CN1CC=C(C2=CC(F)=C(C(=O)N(C)C)CC2)CC1. The van der Waals surface area contributed by atoms with Crippen LogP contribution in [0.2, 0.25) is 0 Å². The average Bonchev–Trinajstić information content (AvgIpc) is 2.71. The maximum absolute atomic E-state index is 14.5. The number of pyridine rings is 1. The fourth-order valence-corrected chi connectivity index (χ4v) is 4.45. The van der Waals surface area contributed by atoms with Crippen LogP contribution in [0, 0.1) is 6.92 Å². The number of aromatic nitrogens is 1. The summed E-state index contributed by atoms with van der Waals surface area (Å²) in [7, 11) is 3.32. The van der Waals surface area contributed by atoms with E-state index in [4.69, 9.17) is 0 Å². The Kier molecular flexibility index (Phi) is 7.42. The van der Waals surface area contributed by atoms with Gasteiger partial charge in [0.25, 0.3) is 5.91 Å². The van der Waals surface area contributed by atoms with Gasteiger partial charge < -0.3 is 4.90 Å². The van der Waals surface area contributed by atoms with Crippen LogP contribution in [0.25, 0.3) is 6.08 Å². The number of halogens is 2. The number of carbonyl (C=O) groups excluding carboxylic acids is 1. The Labute approximate surface area is 187 Å². The molecule has 0 N–H and O–H groups in total. The van der Waals surface area contributed by atoms with Crippen LogP contribution in [-0.2, 0) is 4.79 Å². The minimum atomic E-state index is -0.380. The van der Waals surface area contributed by atoms with Crippen molar-refractivity contribution in [3.63, 3.8) is 0 Å². The molecular formula is C24H29BrFN3O. The van der Waals surface area contributed by atoms with E-state index in [1.807, 2.05) is 13.0 Å². The van der Waals surface area contributed by atoms with E-state index in [-0.39, 0.29) is 11.7 Å². The number of hydrogen-bond donors (Lipinski definition) is 0. The molecule has 0 unspecified atom stereocenters. The van der Waals surface area contributed by atoms with Crippen LogP contribution in [0.4, 0.5) is 4.39 Å².